The van der Waals surface area contributed by atoms with E-state index < -0.39 is 30.4 Å². The summed E-state index contributed by atoms with van der Waals surface area (Å²) in [6.45, 7) is 1.23. The fourth-order valence-corrected chi connectivity index (χ4v) is 5.72. The van der Waals surface area contributed by atoms with Crippen molar-refractivity contribution in [2.75, 3.05) is 25.9 Å². The molecule has 4 heterocycles. The lowest BCUT2D eigenvalue weighted by molar-refractivity contribution is -0.137. The van der Waals surface area contributed by atoms with Crippen molar-refractivity contribution in [1.29, 1.82) is 0 Å². The van der Waals surface area contributed by atoms with Crippen molar-refractivity contribution >= 4 is 29.0 Å². The molecule has 2 aromatic heterocycles. The number of likely N-dealkylation sites (tertiary alicyclic amines) is 1. The molecule has 230 valence electrons. The van der Waals surface area contributed by atoms with Crippen LogP contribution in [0.4, 0.5) is 10.6 Å². The number of carbonyl (C=O) groups is 2. The minimum absolute atomic E-state index is 0.0944. The lowest BCUT2D eigenvalue weighted by Crippen LogP contribution is -2.43. The number of nitrogens with two attached hydrogens (primary N) is 1. The summed E-state index contributed by atoms with van der Waals surface area (Å²) >= 11 is 0. The van der Waals surface area contributed by atoms with Crippen LogP contribution in [0.3, 0.4) is 0 Å². The molecule has 3 aliphatic rings. The summed E-state index contributed by atoms with van der Waals surface area (Å²) in [7, 11) is 1.54. The topological polar surface area (TPSA) is 187 Å². The molecule has 3 aromatic rings. The number of piperidine rings is 1. The number of nitrogen functional groups attached to an aromatic ring is 1. The zero-order chi connectivity index (χ0) is 30.1. The van der Waals surface area contributed by atoms with E-state index >= 15 is 0 Å². The van der Waals surface area contributed by atoms with Crippen LogP contribution in [0.15, 0.2) is 30.6 Å². The van der Waals surface area contributed by atoms with Crippen LogP contribution < -0.4 is 20.5 Å². The molecular formula is C29H37N7O7. The van der Waals surface area contributed by atoms with Crippen LogP contribution in [0, 0.1) is 5.92 Å². The number of rotatable bonds is 9. The number of aliphatic hydroxyl groups excluding tert-OH is 2. The van der Waals surface area contributed by atoms with E-state index in [1.54, 1.807) is 23.1 Å². The Kier molecular flexibility index (Phi) is 8.32. The number of fused-ring (bicyclic) bond motifs is 1. The maximum atomic E-state index is 12.7. The highest BCUT2D eigenvalue weighted by atomic mass is 16.6. The standard InChI is InChI=1S/C29H37N7O7/c1-41-18-6-2-3-7-19(18)42-29(40)35-13-11-16(12-14-35)5-4-8-20-33-25(30)21-26(34-20)36(15-31-21)28-23(38)22(37)24(43-28)27(39)32-17-9-10-17/h2-3,6-7,15-17,22-24,28,37-38H,4-5,8-14H2,1H3,(H,32,39)(H2,30,33,34)/t22-,23+,24-,28+/m0/s1. The maximum Gasteiger partial charge on any atom is 0.415 e. The molecule has 4 atom stereocenters. The number of aromatic nitrogens is 4. The number of anilines is 1. The molecule has 0 radical (unpaired) electrons. The third-order valence-electron chi connectivity index (χ3n) is 8.34. The Bertz CT molecular complexity index is 1470. The minimum Gasteiger partial charge on any atom is -0.493 e. The van der Waals surface area contributed by atoms with Gasteiger partial charge in [0, 0.05) is 25.6 Å². The van der Waals surface area contributed by atoms with E-state index in [-0.39, 0.29) is 18.0 Å². The molecule has 2 aliphatic heterocycles. The first-order valence-electron chi connectivity index (χ1n) is 14.7. The van der Waals surface area contributed by atoms with E-state index in [9.17, 15) is 19.8 Å². The summed E-state index contributed by atoms with van der Waals surface area (Å²) in [5.41, 5.74) is 6.92. The van der Waals surface area contributed by atoms with Gasteiger partial charge in [-0.25, -0.2) is 19.7 Å². The quantitative estimate of drug-likeness (QED) is 0.281. The van der Waals surface area contributed by atoms with Crippen molar-refractivity contribution in [3.63, 3.8) is 0 Å². The van der Waals surface area contributed by atoms with Gasteiger partial charge in [-0.05, 0) is 56.6 Å². The Labute approximate surface area is 248 Å². The zero-order valence-electron chi connectivity index (χ0n) is 24.0. The number of methoxy groups -OCH3 is 1. The summed E-state index contributed by atoms with van der Waals surface area (Å²) in [5, 5.41) is 24.0. The van der Waals surface area contributed by atoms with Gasteiger partial charge in [0.05, 0.1) is 13.4 Å². The van der Waals surface area contributed by atoms with Gasteiger partial charge in [0.15, 0.2) is 35.3 Å². The lowest BCUT2D eigenvalue weighted by Gasteiger charge is -2.31. The Hall–Kier alpha value is -4.01. The number of aryl methyl sites for hydroxylation is 1. The molecule has 0 unspecified atom stereocenters. The lowest BCUT2D eigenvalue weighted by atomic mass is 9.91. The Morgan fingerprint density at radius 2 is 1.84 bits per heavy atom. The number of para-hydroxylation sites is 2. The summed E-state index contributed by atoms with van der Waals surface area (Å²) in [6.07, 6.45) is 1.88. The van der Waals surface area contributed by atoms with Crippen LogP contribution in [0.2, 0.25) is 0 Å². The van der Waals surface area contributed by atoms with Crippen molar-refractivity contribution < 1.29 is 34.0 Å². The highest BCUT2D eigenvalue weighted by Gasteiger charge is 2.48. The molecule has 1 aromatic carbocycles. The summed E-state index contributed by atoms with van der Waals surface area (Å²) in [6, 6.07) is 7.17. The first-order chi connectivity index (χ1) is 20.8. The predicted octanol–water partition coefficient (Wildman–Crippen LogP) is 1.55. The van der Waals surface area contributed by atoms with Crippen LogP contribution in [0.5, 0.6) is 11.5 Å². The number of aliphatic hydroxyl groups is 2. The van der Waals surface area contributed by atoms with Crippen LogP contribution in [-0.2, 0) is 16.0 Å². The van der Waals surface area contributed by atoms with Gasteiger partial charge < -0.3 is 40.4 Å². The van der Waals surface area contributed by atoms with Crippen molar-refractivity contribution in [2.45, 2.75) is 75.5 Å². The number of imidazole rings is 1. The van der Waals surface area contributed by atoms with E-state index in [4.69, 9.17) is 19.9 Å². The van der Waals surface area contributed by atoms with E-state index in [0.717, 1.165) is 38.5 Å². The molecule has 2 saturated heterocycles. The molecule has 1 saturated carbocycles. The zero-order valence-corrected chi connectivity index (χ0v) is 24.0. The number of benzene rings is 1. The number of ether oxygens (including phenoxy) is 3. The molecule has 1 aliphatic carbocycles. The van der Waals surface area contributed by atoms with Gasteiger partial charge in [-0.2, -0.15) is 0 Å². The molecule has 0 spiro atoms. The largest absolute Gasteiger partial charge is 0.493 e. The van der Waals surface area contributed by atoms with E-state index in [0.29, 0.717) is 53.9 Å². The first kappa shape index (κ1) is 29.1. The van der Waals surface area contributed by atoms with Crippen molar-refractivity contribution in [2.24, 2.45) is 5.92 Å². The molecule has 14 nitrogen and oxygen atoms in total. The van der Waals surface area contributed by atoms with Gasteiger partial charge in [-0.3, -0.25) is 9.36 Å². The number of amides is 2. The van der Waals surface area contributed by atoms with Gasteiger partial charge >= 0.3 is 6.09 Å². The molecule has 0 bridgehead atoms. The molecule has 43 heavy (non-hydrogen) atoms. The van der Waals surface area contributed by atoms with Crippen molar-refractivity contribution in [1.82, 2.24) is 29.7 Å². The first-order valence-corrected chi connectivity index (χ1v) is 14.7. The third-order valence-corrected chi connectivity index (χ3v) is 8.34. The fraction of sp³-hybridized carbons (Fsp3) is 0.552. The molecule has 14 heteroatoms. The average Bonchev–Trinajstić information content (AvgIpc) is 3.64. The minimum atomic E-state index is -1.39. The molecule has 2 amide bonds. The second-order valence-corrected chi connectivity index (χ2v) is 11.4. The van der Waals surface area contributed by atoms with Crippen LogP contribution in [0.25, 0.3) is 11.2 Å². The third kappa shape index (κ3) is 6.21. The van der Waals surface area contributed by atoms with Crippen LogP contribution >= 0.6 is 0 Å². The fourth-order valence-electron chi connectivity index (χ4n) is 5.72. The molecule has 5 N–H and O–H groups in total. The number of nitrogens with one attached hydrogen (secondary N) is 1. The summed E-state index contributed by atoms with van der Waals surface area (Å²) < 4.78 is 18.1. The monoisotopic (exact) mass is 595 g/mol. The van der Waals surface area contributed by atoms with Gasteiger partial charge in [0.25, 0.3) is 5.91 Å². The average molecular weight is 596 g/mol. The van der Waals surface area contributed by atoms with Crippen LogP contribution in [0.1, 0.15) is 50.6 Å². The molecule has 3 fully saturated rings. The number of nitrogens with zero attached hydrogens (tertiary/aromatic N) is 5. The number of hydrogen-bond acceptors (Lipinski definition) is 11. The Balaban J connectivity index is 1.03. The normalized spacial score (nSPS) is 24.3. The Morgan fingerprint density at radius 1 is 1.09 bits per heavy atom. The second-order valence-electron chi connectivity index (χ2n) is 11.4. The van der Waals surface area contributed by atoms with E-state index in [1.165, 1.54) is 18.0 Å². The molecular weight excluding hydrogens is 558 g/mol. The van der Waals surface area contributed by atoms with E-state index in [1.807, 2.05) is 6.07 Å². The van der Waals surface area contributed by atoms with Gasteiger partial charge in [0.1, 0.15) is 23.5 Å². The van der Waals surface area contributed by atoms with Crippen molar-refractivity contribution in [3.05, 3.63) is 36.4 Å². The van der Waals surface area contributed by atoms with Crippen LogP contribution in [-0.4, -0.2) is 91.2 Å². The highest BCUT2D eigenvalue weighted by molar-refractivity contribution is 5.83. The van der Waals surface area contributed by atoms with Gasteiger partial charge in [-0.1, -0.05) is 12.1 Å². The highest BCUT2D eigenvalue weighted by Crippen LogP contribution is 2.33. The predicted molar refractivity (Wildman–Crippen MR) is 153 cm³/mol. The van der Waals surface area contributed by atoms with E-state index in [2.05, 4.69) is 20.3 Å². The SMILES string of the molecule is COc1ccccc1OC(=O)N1CCC(CCCc2nc(N)c3ncn([C@@H]4O[C@H](C(=O)NC5CC5)[C@@H](O)[C@H]4O)c3n2)CC1. The smallest absolute Gasteiger partial charge is 0.415 e. The summed E-state index contributed by atoms with van der Waals surface area (Å²) in [5.74, 6) is 1.65. The maximum absolute atomic E-state index is 12.7. The second kappa shape index (κ2) is 12.3. The van der Waals surface area contributed by atoms with Gasteiger partial charge in [-0.15, -0.1) is 0 Å². The number of carbonyl (C=O) groups excluding carboxylic acids is 2. The van der Waals surface area contributed by atoms with Crippen molar-refractivity contribution in [3.8, 4) is 11.5 Å². The van der Waals surface area contributed by atoms with Gasteiger partial charge in [0.2, 0.25) is 0 Å². The molecule has 6 rings (SSSR count). The Morgan fingerprint density at radius 3 is 2.56 bits per heavy atom. The number of hydrogen-bond donors (Lipinski definition) is 4. The summed E-state index contributed by atoms with van der Waals surface area (Å²) in [4.78, 5) is 40.3.